The molecule has 1 aromatic heterocycles. The molecule has 0 aliphatic carbocycles. The second kappa shape index (κ2) is 11.5. The Bertz CT molecular complexity index is 918. The Morgan fingerprint density at radius 2 is 1.64 bits per heavy atom. The maximum atomic E-state index is 11.0. The van der Waals surface area contributed by atoms with E-state index in [0.29, 0.717) is 0 Å². The third-order valence-electron chi connectivity index (χ3n) is 4.07. The summed E-state index contributed by atoms with van der Waals surface area (Å²) in [6, 6.07) is 21.4. The van der Waals surface area contributed by atoms with E-state index in [-0.39, 0.29) is 43.5 Å². The molecule has 1 N–H and O–H groups in total. The summed E-state index contributed by atoms with van der Waals surface area (Å²) in [5, 5.41) is 11.6. The number of aromatic nitrogens is 1. The fourth-order valence-corrected chi connectivity index (χ4v) is 2.26. The maximum Gasteiger partial charge on any atom is 0.161 e. The van der Waals surface area contributed by atoms with Crippen molar-refractivity contribution in [3.05, 3.63) is 78.7 Å². The molecule has 0 aliphatic rings. The van der Waals surface area contributed by atoms with Crippen molar-refractivity contribution < 1.29 is 30.0 Å². The van der Waals surface area contributed by atoms with Crippen LogP contribution < -0.4 is 0 Å². The number of fused-ring (bicyclic) bond motifs is 1. The Balaban J connectivity index is 0.000000292. The number of benzene rings is 2. The molecule has 0 fully saturated rings. The minimum absolute atomic E-state index is 0. The molecule has 28 heavy (non-hydrogen) atoms. The van der Waals surface area contributed by atoms with Crippen molar-refractivity contribution in [1.29, 1.82) is 0 Å². The van der Waals surface area contributed by atoms with Crippen LogP contribution in [0.3, 0.4) is 0 Å². The van der Waals surface area contributed by atoms with Crippen molar-refractivity contribution in [2.45, 2.75) is 27.7 Å². The van der Waals surface area contributed by atoms with E-state index in [2.05, 4.69) is 29.2 Å². The normalized spacial score (nSPS) is 11.0. The van der Waals surface area contributed by atoms with Crippen LogP contribution in [-0.4, -0.2) is 15.9 Å². The third kappa shape index (κ3) is 7.03. The third-order valence-corrected chi connectivity index (χ3v) is 4.07. The monoisotopic (exact) mass is 553 g/mol. The summed E-state index contributed by atoms with van der Waals surface area (Å²) in [5.41, 5.74) is 2.01. The largest absolute Gasteiger partial charge is 0.512 e. The minimum Gasteiger partial charge on any atom is -0.512 e. The number of aliphatic hydroxyl groups is 1. The summed E-state index contributed by atoms with van der Waals surface area (Å²) in [5.74, 6) is 0.161. The van der Waals surface area contributed by atoms with Gasteiger partial charge < -0.3 is 10.1 Å². The fraction of sp³-hybridized carbons (Fsp3) is 0.250. The van der Waals surface area contributed by atoms with Gasteiger partial charge in [-0.1, -0.05) is 58.0 Å². The number of allylic oxidation sites excluding steroid dienone is 2. The van der Waals surface area contributed by atoms with Crippen LogP contribution in [0.1, 0.15) is 27.7 Å². The summed E-state index contributed by atoms with van der Waals surface area (Å²) in [4.78, 5) is 15.5. The zero-order chi connectivity index (χ0) is 19.8. The molecule has 0 unspecified atom stereocenters. The molecule has 0 amide bonds. The van der Waals surface area contributed by atoms with Gasteiger partial charge in [-0.15, -0.1) is 35.9 Å². The van der Waals surface area contributed by atoms with Gasteiger partial charge in [0, 0.05) is 44.2 Å². The SMILES string of the molecule is CC(C)C(=O)/C=C(\O)C(C)C.[Ir].[c-]1ccccc1-c1cc2ccccc2cn1. The molecule has 0 aliphatic heterocycles. The Kier molecular flexibility index (Phi) is 9.78. The molecule has 4 heteroatoms. The zero-order valence-corrected chi connectivity index (χ0v) is 19.0. The Morgan fingerprint density at radius 3 is 2.21 bits per heavy atom. The Morgan fingerprint density at radius 1 is 1.00 bits per heavy atom. The molecule has 0 atom stereocenters. The molecule has 3 rings (SSSR count). The zero-order valence-electron chi connectivity index (χ0n) is 16.6. The summed E-state index contributed by atoms with van der Waals surface area (Å²) in [6.07, 6.45) is 3.22. The predicted molar refractivity (Wildman–Crippen MR) is 111 cm³/mol. The first kappa shape index (κ1) is 23.7. The summed E-state index contributed by atoms with van der Waals surface area (Å²) in [6.45, 7) is 7.32. The van der Waals surface area contributed by atoms with Gasteiger partial charge in [-0.25, -0.2) is 0 Å². The number of carbonyl (C=O) groups excluding carboxylic acids is 1. The molecule has 1 heterocycles. The maximum absolute atomic E-state index is 11.0. The van der Waals surface area contributed by atoms with Gasteiger partial charge in [-0.2, -0.15) is 0 Å². The van der Waals surface area contributed by atoms with Gasteiger partial charge in [0.05, 0.1) is 5.76 Å². The van der Waals surface area contributed by atoms with Crippen LogP contribution >= 0.6 is 0 Å². The Labute approximate surface area is 180 Å². The number of hydrogen-bond donors (Lipinski definition) is 1. The second-order valence-corrected chi connectivity index (χ2v) is 6.97. The number of rotatable bonds is 4. The average Bonchev–Trinajstić information content (AvgIpc) is 2.68. The quantitative estimate of drug-likeness (QED) is 0.245. The number of hydrogen-bond acceptors (Lipinski definition) is 3. The summed E-state index contributed by atoms with van der Waals surface area (Å²) in [7, 11) is 0. The van der Waals surface area contributed by atoms with Crippen LogP contribution in [0, 0.1) is 17.9 Å². The van der Waals surface area contributed by atoms with Crippen LogP contribution in [0.25, 0.3) is 22.0 Å². The van der Waals surface area contributed by atoms with E-state index in [0.717, 1.165) is 11.3 Å². The second-order valence-electron chi connectivity index (χ2n) is 6.97. The standard InChI is InChI=1S/C15H10N.C9H16O2.Ir/c1-2-6-12(7-3-1)15-10-13-8-4-5-9-14(13)11-16-15;1-6(2)8(10)5-9(11)7(3)4;/h1-6,8-11H;5-7,10H,1-4H3;/q-1;;/b;8-5-;. The molecule has 0 saturated heterocycles. The molecule has 3 nitrogen and oxygen atoms in total. The van der Waals surface area contributed by atoms with Crippen LogP contribution in [0.15, 0.2) is 72.6 Å². The number of pyridine rings is 1. The van der Waals surface area contributed by atoms with Crippen LogP contribution in [0.4, 0.5) is 0 Å². The van der Waals surface area contributed by atoms with Gasteiger partial charge in [-0.3, -0.25) is 4.79 Å². The summed E-state index contributed by atoms with van der Waals surface area (Å²) < 4.78 is 0. The van der Waals surface area contributed by atoms with E-state index in [4.69, 9.17) is 0 Å². The molecule has 3 aromatic rings. The number of ketones is 1. The van der Waals surface area contributed by atoms with Gasteiger partial charge in [0.1, 0.15) is 0 Å². The van der Waals surface area contributed by atoms with Crippen molar-refractivity contribution in [3.8, 4) is 11.3 Å². The van der Waals surface area contributed by atoms with Crippen molar-refractivity contribution in [1.82, 2.24) is 4.98 Å². The van der Waals surface area contributed by atoms with Crippen molar-refractivity contribution >= 4 is 16.6 Å². The van der Waals surface area contributed by atoms with E-state index in [1.54, 1.807) is 0 Å². The first-order valence-electron chi connectivity index (χ1n) is 9.14. The first-order chi connectivity index (χ1) is 12.9. The average molecular weight is 553 g/mol. The molecule has 0 saturated carbocycles. The molecular weight excluding hydrogens is 526 g/mol. The van der Waals surface area contributed by atoms with Gasteiger partial charge in [-0.05, 0) is 16.5 Å². The van der Waals surface area contributed by atoms with Crippen LogP contribution in [0.2, 0.25) is 0 Å². The fourth-order valence-electron chi connectivity index (χ4n) is 2.26. The first-order valence-corrected chi connectivity index (χ1v) is 9.14. The topological polar surface area (TPSA) is 50.2 Å². The molecule has 0 spiro atoms. The number of aliphatic hydroxyl groups excluding tert-OH is 1. The van der Waals surface area contributed by atoms with Crippen molar-refractivity contribution in [2.24, 2.45) is 11.8 Å². The predicted octanol–water partition coefficient (Wildman–Crippen LogP) is 6.01. The van der Waals surface area contributed by atoms with E-state index < -0.39 is 0 Å². The summed E-state index contributed by atoms with van der Waals surface area (Å²) >= 11 is 0. The number of nitrogens with zero attached hydrogens (tertiary/aromatic N) is 1. The van der Waals surface area contributed by atoms with E-state index in [1.807, 2.05) is 70.3 Å². The van der Waals surface area contributed by atoms with Gasteiger partial charge in [0.2, 0.25) is 0 Å². The van der Waals surface area contributed by atoms with Gasteiger partial charge in [0.25, 0.3) is 0 Å². The van der Waals surface area contributed by atoms with Crippen LogP contribution in [0.5, 0.6) is 0 Å². The van der Waals surface area contributed by atoms with Crippen LogP contribution in [-0.2, 0) is 24.9 Å². The van der Waals surface area contributed by atoms with Crippen molar-refractivity contribution in [2.75, 3.05) is 0 Å². The Hall–Kier alpha value is -2.29. The molecule has 149 valence electrons. The molecule has 1 radical (unpaired) electrons. The van der Waals surface area contributed by atoms with E-state index in [1.165, 1.54) is 16.8 Å². The molecule has 0 bridgehead atoms. The molecular formula is C24H26IrNO2-. The number of carbonyl (C=O) groups is 1. The molecule has 2 aromatic carbocycles. The van der Waals surface area contributed by atoms with Gasteiger partial charge >= 0.3 is 0 Å². The van der Waals surface area contributed by atoms with Gasteiger partial charge in [0.15, 0.2) is 5.78 Å². The minimum atomic E-state index is -0.0316. The smallest absolute Gasteiger partial charge is 0.161 e. The van der Waals surface area contributed by atoms with Crippen molar-refractivity contribution in [3.63, 3.8) is 0 Å². The van der Waals surface area contributed by atoms with E-state index in [9.17, 15) is 9.90 Å². The van der Waals surface area contributed by atoms with E-state index >= 15 is 0 Å².